The molecule has 1 aromatic heterocycles. The molecule has 0 saturated carbocycles. The van der Waals surface area contributed by atoms with E-state index < -0.39 is 12.1 Å². The van der Waals surface area contributed by atoms with E-state index in [1.165, 1.54) is 0 Å². The van der Waals surface area contributed by atoms with E-state index in [2.05, 4.69) is 20.9 Å². The third-order valence-electron chi connectivity index (χ3n) is 3.16. The molecule has 0 amide bonds. The fourth-order valence-electron chi connectivity index (χ4n) is 1.84. The van der Waals surface area contributed by atoms with Gasteiger partial charge in [-0.25, -0.2) is 0 Å². The Morgan fingerprint density at radius 1 is 1.27 bits per heavy atom. The van der Waals surface area contributed by atoms with Crippen LogP contribution in [0.5, 0.6) is 0 Å². The average molecular weight is 390 g/mol. The van der Waals surface area contributed by atoms with E-state index in [9.17, 15) is 18.4 Å². The first-order valence-corrected chi connectivity index (χ1v) is 7.34. The van der Waals surface area contributed by atoms with Gasteiger partial charge in [0.15, 0.2) is 0 Å². The van der Waals surface area contributed by atoms with Crippen molar-refractivity contribution in [3.63, 3.8) is 0 Å². The molecule has 0 saturated heterocycles. The second-order valence-corrected chi connectivity index (χ2v) is 5.96. The maximum absolute atomic E-state index is 12.9. The summed E-state index contributed by atoms with van der Waals surface area (Å²) in [6, 6.07) is 9.74. The van der Waals surface area contributed by atoms with Crippen molar-refractivity contribution in [2.45, 2.75) is 19.0 Å². The van der Waals surface area contributed by atoms with Crippen LogP contribution in [0.3, 0.4) is 0 Å². The molecule has 0 aliphatic carbocycles. The number of hydrogen-bond acceptors (Lipinski definition) is 2. The lowest BCUT2D eigenvalue weighted by Crippen LogP contribution is -2.19. The maximum Gasteiger partial charge on any atom is 0.396 e. The smallest absolute Gasteiger partial charge is 0.251 e. The summed E-state index contributed by atoms with van der Waals surface area (Å²) in [6.07, 6.45) is -4.43. The van der Waals surface area contributed by atoms with Gasteiger partial charge in [0.2, 0.25) is 0 Å². The molecule has 7 heteroatoms. The summed E-state index contributed by atoms with van der Waals surface area (Å²) in [5.41, 5.74) is 0.517. The van der Waals surface area contributed by atoms with Gasteiger partial charge in [-0.1, -0.05) is 39.7 Å². The van der Waals surface area contributed by atoms with Gasteiger partial charge in [-0.15, -0.1) is 0 Å². The van der Waals surface area contributed by atoms with Crippen molar-refractivity contribution in [2.24, 2.45) is 0 Å². The molecule has 2 aromatic rings. The lowest BCUT2D eigenvalue weighted by molar-refractivity contribution is -0.147. The number of pyridine rings is 1. The Morgan fingerprint density at radius 2 is 1.86 bits per heavy atom. The molecule has 1 atom stereocenters. The van der Waals surface area contributed by atoms with E-state index in [1.807, 2.05) is 6.07 Å². The topological polar surface area (TPSA) is 36.7 Å². The third kappa shape index (κ3) is 3.42. The van der Waals surface area contributed by atoms with Crippen LogP contribution in [0.4, 0.5) is 13.2 Å². The number of halogens is 5. The second kappa shape index (κ2) is 6.27. The first-order valence-electron chi connectivity index (χ1n) is 6.17. The number of rotatable bonds is 2. The lowest BCUT2D eigenvalue weighted by Gasteiger charge is -2.17. The van der Waals surface area contributed by atoms with Gasteiger partial charge in [0.05, 0.1) is 27.9 Å². The summed E-state index contributed by atoms with van der Waals surface area (Å²) in [5.74, 6) is -1.77. The molecule has 0 radical (unpaired) electrons. The van der Waals surface area contributed by atoms with Crippen molar-refractivity contribution in [1.29, 1.82) is 5.26 Å². The Kier molecular flexibility index (Phi) is 4.78. The van der Waals surface area contributed by atoms with Gasteiger partial charge >= 0.3 is 6.18 Å². The molecule has 2 nitrogen and oxygen atoms in total. The monoisotopic (exact) mass is 388 g/mol. The average Bonchev–Trinajstić information content (AvgIpc) is 2.45. The van der Waals surface area contributed by atoms with Crippen LogP contribution < -0.4 is 0 Å². The Labute approximate surface area is 138 Å². The number of benzene rings is 1. The minimum absolute atomic E-state index is 0.0403. The van der Waals surface area contributed by atoms with Gasteiger partial charge in [0, 0.05) is 10.0 Å². The van der Waals surface area contributed by atoms with Crippen LogP contribution in [0.25, 0.3) is 11.3 Å². The predicted molar refractivity (Wildman–Crippen MR) is 81.6 cm³/mol. The van der Waals surface area contributed by atoms with Crippen LogP contribution in [0.2, 0.25) is 5.02 Å². The van der Waals surface area contributed by atoms with Crippen molar-refractivity contribution in [2.75, 3.05) is 0 Å². The zero-order valence-electron chi connectivity index (χ0n) is 11.2. The standard InChI is InChI=1S/C15H9BrClF3N2/c1-8(15(18,19)20)13-6-12(17)11(7-21)14(22-13)9-2-4-10(16)5-3-9/h2-6,8H,1H3. The SMILES string of the molecule is CC(c1cc(Cl)c(C#N)c(-c2ccc(Br)cc2)n1)C(F)(F)F. The highest BCUT2D eigenvalue weighted by Gasteiger charge is 2.38. The third-order valence-corrected chi connectivity index (χ3v) is 3.98. The summed E-state index contributed by atoms with van der Waals surface area (Å²) in [7, 11) is 0. The van der Waals surface area contributed by atoms with Crippen LogP contribution in [-0.2, 0) is 0 Å². The molecule has 0 bridgehead atoms. The molecule has 0 aliphatic rings. The van der Waals surface area contributed by atoms with E-state index in [1.54, 1.807) is 24.3 Å². The van der Waals surface area contributed by atoms with Gasteiger partial charge in [-0.3, -0.25) is 4.98 Å². The number of hydrogen-bond donors (Lipinski definition) is 0. The second-order valence-electron chi connectivity index (χ2n) is 4.63. The highest BCUT2D eigenvalue weighted by Crippen LogP contribution is 2.37. The molecule has 0 aliphatic heterocycles. The van der Waals surface area contributed by atoms with Crippen molar-refractivity contribution in [3.8, 4) is 17.3 Å². The molecule has 2 rings (SSSR count). The van der Waals surface area contributed by atoms with Crippen LogP contribution in [0.15, 0.2) is 34.8 Å². The van der Waals surface area contributed by atoms with Crippen LogP contribution >= 0.6 is 27.5 Å². The molecule has 1 heterocycles. The van der Waals surface area contributed by atoms with Crippen molar-refractivity contribution in [1.82, 2.24) is 4.98 Å². The van der Waals surface area contributed by atoms with E-state index >= 15 is 0 Å². The van der Waals surface area contributed by atoms with Crippen LogP contribution in [0, 0.1) is 11.3 Å². The highest BCUT2D eigenvalue weighted by atomic mass is 79.9. The number of alkyl halides is 3. The molecule has 1 unspecified atom stereocenters. The summed E-state index contributed by atoms with van der Waals surface area (Å²) >= 11 is 9.24. The van der Waals surface area contributed by atoms with Crippen LogP contribution in [-0.4, -0.2) is 11.2 Å². The predicted octanol–water partition coefficient (Wildman–Crippen LogP) is 5.70. The summed E-state index contributed by atoms with van der Waals surface area (Å²) in [5, 5.41) is 9.16. The molecule has 0 fully saturated rings. The van der Waals surface area contributed by atoms with Gasteiger partial charge < -0.3 is 0 Å². The van der Waals surface area contributed by atoms with Gasteiger partial charge in [0.25, 0.3) is 0 Å². The van der Waals surface area contributed by atoms with Crippen molar-refractivity contribution in [3.05, 3.63) is 51.1 Å². The Morgan fingerprint density at radius 3 is 2.36 bits per heavy atom. The zero-order valence-corrected chi connectivity index (χ0v) is 13.6. The fraction of sp³-hybridized carbons (Fsp3) is 0.200. The van der Waals surface area contributed by atoms with Crippen LogP contribution in [0.1, 0.15) is 24.1 Å². The Balaban J connectivity index is 2.64. The zero-order chi connectivity index (χ0) is 16.5. The van der Waals surface area contributed by atoms with Gasteiger partial charge in [0.1, 0.15) is 6.07 Å². The first kappa shape index (κ1) is 16.8. The maximum atomic E-state index is 12.9. The number of aromatic nitrogens is 1. The quantitative estimate of drug-likeness (QED) is 0.660. The van der Waals surface area contributed by atoms with Crippen molar-refractivity contribution >= 4 is 27.5 Å². The minimum atomic E-state index is -4.43. The molecular formula is C15H9BrClF3N2. The highest BCUT2D eigenvalue weighted by molar-refractivity contribution is 9.10. The lowest BCUT2D eigenvalue weighted by atomic mass is 10.0. The molecular weight excluding hydrogens is 381 g/mol. The van der Waals surface area contributed by atoms with E-state index in [0.717, 1.165) is 17.5 Å². The molecule has 0 N–H and O–H groups in total. The van der Waals surface area contributed by atoms with E-state index in [4.69, 9.17) is 11.6 Å². The van der Waals surface area contributed by atoms with Crippen molar-refractivity contribution < 1.29 is 13.2 Å². The summed E-state index contributed by atoms with van der Waals surface area (Å²) in [4.78, 5) is 4.03. The largest absolute Gasteiger partial charge is 0.396 e. The molecule has 22 heavy (non-hydrogen) atoms. The Bertz CT molecular complexity index is 736. The first-order chi connectivity index (χ1) is 10.2. The molecule has 0 spiro atoms. The number of nitriles is 1. The normalized spacial score (nSPS) is 12.8. The molecule has 1 aromatic carbocycles. The molecule has 114 valence electrons. The Hall–Kier alpha value is -1.58. The minimum Gasteiger partial charge on any atom is -0.251 e. The number of nitrogens with zero attached hydrogens (tertiary/aromatic N) is 2. The fourth-order valence-corrected chi connectivity index (χ4v) is 2.35. The van der Waals surface area contributed by atoms with Gasteiger partial charge in [-0.05, 0) is 25.1 Å². The van der Waals surface area contributed by atoms with E-state index in [0.29, 0.717) is 5.56 Å². The van der Waals surface area contributed by atoms with E-state index in [-0.39, 0.29) is 22.0 Å². The summed E-state index contributed by atoms with van der Waals surface area (Å²) < 4.78 is 39.5. The summed E-state index contributed by atoms with van der Waals surface area (Å²) in [6.45, 7) is 1.01. The van der Waals surface area contributed by atoms with Gasteiger partial charge in [-0.2, -0.15) is 18.4 Å².